The summed E-state index contributed by atoms with van der Waals surface area (Å²) in [6, 6.07) is 15.2. The molecule has 3 aromatic rings. The average Bonchev–Trinajstić information content (AvgIpc) is 3.29. The van der Waals surface area contributed by atoms with Gasteiger partial charge in [0.1, 0.15) is 15.5 Å². The number of fused-ring (bicyclic) bond motifs is 1. The number of carbonyl (C=O) groups excluding carboxylic acids is 2. The Kier molecular flexibility index (Phi) is 5.65. The Hall–Kier alpha value is -3.39. The highest BCUT2D eigenvalue weighted by Crippen LogP contribution is 2.41. The molecule has 2 aromatic carbocycles. The van der Waals surface area contributed by atoms with Crippen molar-refractivity contribution in [2.24, 2.45) is 0 Å². The van der Waals surface area contributed by atoms with E-state index < -0.39 is 11.8 Å². The van der Waals surface area contributed by atoms with Gasteiger partial charge in [0, 0.05) is 17.5 Å². The first kappa shape index (κ1) is 20.9. The number of hydrogen-bond acceptors (Lipinski definition) is 6. The van der Waals surface area contributed by atoms with Gasteiger partial charge in [-0.2, -0.15) is 0 Å². The van der Waals surface area contributed by atoms with Gasteiger partial charge < -0.3 is 9.47 Å². The highest BCUT2D eigenvalue weighted by Gasteiger charge is 2.32. The number of nitrogens with one attached hydrogen (secondary N) is 2. The van der Waals surface area contributed by atoms with E-state index in [-0.39, 0.29) is 12.2 Å². The zero-order valence-electron chi connectivity index (χ0n) is 17.5. The third kappa shape index (κ3) is 4.69. The number of aryl methyl sites for hydroxylation is 1. The van der Waals surface area contributed by atoms with Gasteiger partial charge in [-0.15, -0.1) is 11.3 Å². The van der Waals surface area contributed by atoms with Crippen LogP contribution in [0.15, 0.2) is 48.5 Å². The number of thiazole rings is 1. The number of ether oxygens (including phenoxy) is 2. The number of rotatable bonds is 5. The molecule has 0 saturated heterocycles. The molecule has 0 spiro atoms. The minimum atomic E-state index is -0.478. The van der Waals surface area contributed by atoms with Gasteiger partial charge in [-0.3, -0.25) is 20.4 Å². The Bertz CT molecular complexity index is 1130. The summed E-state index contributed by atoms with van der Waals surface area (Å²) in [5.74, 6) is 0.276. The molecule has 1 aliphatic rings. The predicted octanol–water partition coefficient (Wildman–Crippen LogP) is 3.67. The van der Waals surface area contributed by atoms with Crippen molar-refractivity contribution in [3.05, 3.63) is 64.7 Å². The Morgan fingerprint density at radius 1 is 1.13 bits per heavy atom. The third-order valence-electron chi connectivity index (χ3n) is 4.75. The van der Waals surface area contributed by atoms with Crippen LogP contribution in [0.4, 0.5) is 0 Å². The smallest absolute Gasteiger partial charge is 0.281 e. The summed E-state index contributed by atoms with van der Waals surface area (Å²) in [5, 5.41) is 0.749. The molecule has 4 rings (SSSR count). The van der Waals surface area contributed by atoms with Crippen LogP contribution in [-0.2, 0) is 11.2 Å². The number of hydrogen-bond donors (Lipinski definition) is 2. The van der Waals surface area contributed by atoms with Crippen LogP contribution in [0, 0.1) is 6.92 Å². The van der Waals surface area contributed by atoms with Crippen LogP contribution in [0.3, 0.4) is 0 Å². The van der Waals surface area contributed by atoms with Gasteiger partial charge in [0.05, 0.1) is 5.69 Å². The molecule has 0 unspecified atom stereocenters. The fourth-order valence-corrected chi connectivity index (χ4v) is 4.34. The summed E-state index contributed by atoms with van der Waals surface area (Å²) < 4.78 is 11.6. The summed E-state index contributed by atoms with van der Waals surface area (Å²) in [4.78, 5) is 29.6. The first-order chi connectivity index (χ1) is 14.8. The highest BCUT2D eigenvalue weighted by molar-refractivity contribution is 7.17. The minimum Gasteiger partial charge on any atom is -0.483 e. The zero-order valence-corrected chi connectivity index (χ0v) is 18.3. The molecular formula is C23H23N3O4S. The van der Waals surface area contributed by atoms with Gasteiger partial charge in [0.25, 0.3) is 11.8 Å². The van der Waals surface area contributed by atoms with Gasteiger partial charge in [-0.1, -0.05) is 42.5 Å². The number of benzene rings is 2. The molecule has 31 heavy (non-hydrogen) atoms. The molecule has 0 aliphatic carbocycles. The van der Waals surface area contributed by atoms with Crippen LogP contribution in [0.2, 0.25) is 0 Å². The molecule has 2 heterocycles. The summed E-state index contributed by atoms with van der Waals surface area (Å²) in [6.07, 6.45) is 0.779. The van der Waals surface area contributed by atoms with Crippen molar-refractivity contribution in [1.82, 2.24) is 15.8 Å². The zero-order chi connectivity index (χ0) is 22.0. The standard InChI is InChI=1S/C23H23N3O4S/c1-14-20(31-22(24-14)15-8-5-4-6-9-15)21(28)26-25-18(27)13-29-17-11-7-10-16-12-23(2,3)30-19(16)17/h4-11H,12-13H2,1-3H3,(H,25,27)(H,26,28). The van der Waals surface area contributed by atoms with E-state index in [1.165, 1.54) is 11.3 Å². The van der Waals surface area contributed by atoms with E-state index in [1.54, 1.807) is 13.0 Å². The van der Waals surface area contributed by atoms with Crippen molar-refractivity contribution in [2.75, 3.05) is 6.61 Å². The molecular weight excluding hydrogens is 414 g/mol. The second kappa shape index (κ2) is 8.39. The van der Waals surface area contributed by atoms with Crippen LogP contribution in [0.25, 0.3) is 10.6 Å². The van der Waals surface area contributed by atoms with Crippen LogP contribution < -0.4 is 20.3 Å². The Morgan fingerprint density at radius 3 is 2.68 bits per heavy atom. The normalized spacial score (nSPS) is 13.8. The Balaban J connectivity index is 1.33. The second-order valence-electron chi connectivity index (χ2n) is 7.87. The molecule has 0 bridgehead atoms. The molecule has 1 aliphatic heterocycles. The van der Waals surface area contributed by atoms with Crippen LogP contribution in [0.5, 0.6) is 11.5 Å². The molecule has 0 atom stereocenters. The second-order valence-corrected chi connectivity index (χ2v) is 8.87. The van der Waals surface area contributed by atoms with Crippen molar-refractivity contribution in [2.45, 2.75) is 32.8 Å². The SMILES string of the molecule is Cc1nc(-c2ccccc2)sc1C(=O)NNC(=O)COc1cccc2c1OC(C)(C)C2. The van der Waals surface area contributed by atoms with Gasteiger partial charge >= 0.3 is 0 Å². The summed E-state index contributed by atoms with van der Waals surface area (Å²) in [5.41, 5.74) is 7.10. The van der Waals surface area contributed by atoms with Crippen LogP contribution in [-0.4, -0.2) is 29.0 Å². The summed E-state index contributed by atoms with van der Waals surface area (Å²) in [6.45, 7) is 5.52. The minimum absolute atomic E-state index is 0.253. The molecule has 0 saturated carbocycles. The monoisotopic (exact) mass is 437 g/mol. The lowest BCUT2D eigenvalue weighted by atomic mass is 10.0. The molecule has 0 fully saturated rings. The van der Waals surface area contributed by atoms with E-state index >= 15 is 0 Å². The molecule has 0 radical (unpaired) electrons. The number of carbonyl (C=O) groups is 2. The molecule has 7 nitrogen and oxygen atoms in total. The quantitative estimate of drug-likeness (QED) is 0.595. The van der Waals surface area contributed by atoms with Crippen molar-refractivity contribution >= 4 is 23.2 Å². The van der Waals surface area contributed by atoms with Gasteiger partial charge in [0.15, 0.2) is 18.1 Å². The van der Waals surface area contributed by atoms with E-state index in [4.69, 9.17) is 9.47 Å². The van der Waals surface area contributed by atoms with E-state index in [1.807, 2.05) is 56.3 Å². The largest absolute Gasteiger partial charge is 0.483 e. The van der Waals surface area contributed by atoms with E-state index in [0.717, 1.165) is 22.6 Å². The topological polar surface area (TPSA) is 89.6 Å². The number of para-hydroxylation sites is 1. The van der Waals surface area contributed by atoms with Crippen molar-refractivity contribution in [3.8, 4) is 22.1 Å². The summed E-state index contributed by atoms with van der Waals surface area (Å²) in [7, 11) is 0. The van der Waals surface area contributed by atoms with Crippen LogP contribution >= 0.6 is 11.3 Å². The number of aromatic nitrogens is 1. The number of amides is 2. The van der Waals surface area contributed by atoms with Crippen LogP contribution in [0.1, 0.15) is 34.8 Å². The van der Waals surface area contributed by atoms with E-state index in [0.29, 0.717) is 22.1 Å². The molecule has 2 amide bonds. The number of nitrogens with zero attached hydrogens (tertiary/aromatic N) is 1. The van der Waals surface area contributed by atoms with Gasteiger partial charge in [0.2, 0.25) is 0 Å². The average molecular weight is 438 g/mol. The molecule has 8 heteroatoms. The molecule has 160 valence electrons. The Morgan fingerprint density at radius 2 is 1.90 bits per heavy atom. The fourth-order valence-electron chi connectivity index (χ4n) is 3.37. The number of hydrazine groups is 1. The lowest BCUT2D eigenvalue weighted by Crippen LogP contribution is -2.43. The lowest BCUT2D eigenvalue weighted by Gasteiger charge is -2.18. The molecule has 2 N–H and O–H groups in total. The van der Waals surface area contributed by atoms with E-state index in [9.17, 15) is 9.59 Å². The van der Waals surface area contributed by atoms with E-state index in [2.05, 4.69) is 15.8 Å². The molecule has 1 aromatic heterocycles. The van der Waals surface area contributed by atoms with Gasteiger partial charge in [-0.25, -0.2) is 4.98 Å². The maximum absolute atomic E-state index is 12.5. The predicted molar refractivity (Wildman–Crippen MR) is 118 cm³/mol. The lowest BCUT2D eigenvalue weighted by molar-refractivity contribution is -0.123. The first-order valence-corrected chi connectivity index (χ1v) is 10.7. The highest BCUT2D eigenvalue weighted by atomic mass is 32.1. The third-order valence-corrected chi connectivity index (χ3v) is 5.96. The maximum Gasteiger partial charge on any atom is 0.281 e. The first-order valence-electron chi connectivity index (χ1n) is 9.88. The Labute approximate surface area is 184 Å². The maximum atomic E-state index is 12.5. The van der Waals surface area contributed by atoms with Crippen molar-refractivity contribution < 1.29 is 19.1 Å². The van der Waals surface area contributed by atoms with Crippen molar-refractivity contribution in [1.29, 1.82) is 0 Å². The van der Waals surface area contributed by atoms with Gasteiger partial charge in [-0.05, 0) is 26.8 Å². The fraction of sp³-hybridized carbons (Fsp3) is 0.261. The summed E-state index contributed by atoms with van der Waals surface area (Å²) >= 11 is 1.27. The van der Waals surface area contributed by atoms with Crippen molar-refractivity contribution in [3.63, 3.8) is 0 Å².